The minimum atomic E-state index is -0.140. The third-order valence-corrected chi connectivity index (χ3v) is 4.85. The van der Waals surface area contributed by atoms with Crippen molar-refractivity contribution in [1.29, 1.82) is 0 Å². The fourth-order valence-electron chi connectivity index (χ4n) is 2.61. The van der Waals surface area contributed by atoms with Crippen molar-refractivity contribution in [3.63, 3.8) is 0 Å². The second kappa shape index (κ2) is 6.81. The van der Waals surface area contributed by atoms with Crippen LogP contribution in [0.3, 0.4) is 0 Å². The summed E-state index contributed by atoms with van der Waals surface area (Å²) in [6.45, 7) is 4.95. The van der Waals surface area contributed by atoms with Crippen molar-refractivity contribution in [3.05, 3.63) is 44.6 Å². The highest BCUT2D eigenvalue weighted by molar-refractivity contribution is 7.17. The summed E-state index contributed by atoms with van der Waals surface area (Å²) in [5.41, 5.74) is 2.07. The van der Waals surface area contributed by atoms with Crippen molar-refractivity contribution in [2.45, 2.75) is 32.9 Å². The van der Waals surface area contributed by atoms with E-state index in [1.54, 1.807) is 12.1 Å². The van der Waals surface area contributed by atoms with Crippen molar-refractivity contribution in [1.82, 2.24) is 5.32 Å². The zero-order valence-electron chi connectivity index (χ0n) is 13.0. The van der Waals surface area contributed by atoms with Gasteiger partial charge in [-0.15, -0.1) is 11.3 Å². The first-order valence-electron chi connectivity index (χ1n) is 7.55. The molecule has 1 amide bonds. The largest absolute Gasteiger partial charge is 0.494 e. The highest BCUT2D eigenvalue weighted by Gasteiger charge is 2.22. The number of ether oxygens (including phenoxy) is 2. The molecule has 2 heterocycles. The van der Waals surface area contributed by atoms with Crippen LogP contribution in [-0.2, 0) is 13.0 Å². The van der Waals surface area contributed by atoms with Gasteiger partial charge in [0.1, 0.15) is 17.6 Å². The molecule has 0 fully saturated rings. The normalized spacial score (nSPS) is 15.9. The predicted molar refractivity (Wildman–Crippen MR) is 91.9 cm³/mol. The second-order valence-corrected chi connectivity index (χ2v) is 7.13. The van der Waals surface area contributed by atoms with Crippen LogP contribution in [0.25, 0.3) is 0 Å². The molecule has 1 atom stereocenters. The average Bonchev–Trinajstić information content (AvgIpc) is 3.09. The van der Waals surface area contributed by atoms with Gasteiger partial charge in [0.25, 0.3) is 5.91 Å². The lowest BCUT2D eigenvalue weighted by Gasteiger charge is -2.13. The van der Waals surface area contributed by atoms with E-state index in [9.17, 15) is 4.79 Å². The third-order valence-electron chi connectivity index (χ3n) is 3.62. The zero-order valence-corrected chi connectivity index (χ0v) is 14.6. The molecule has 1 aliphatic rings. The van der Waals surface area contributed by atoms with Gasteiger partial charge in [-0.2, -0.15) is 0 Å². The first-order chi connectivity index (χ1) is 11.1. The Morgan fingerprint density at radius 3 is 3.00 bits per heavy atom. The van der Waals surface area contributed by atoms with Crippen LogP contribution in [0.4, 0.5) is 0 Å². The maximum absolute atomic E-state index is 12.2. The minimum Gasteiger partial charge on any atom is -0.494 e. The van der Waals surface area contributed by atoms with Gasteiger partial charge < -0.3 is 14.8 Å². The van der Waals surface area contributed by atoms with Crippen molar-refractivity contribution >= 4 is 28.8 Å². The number of fused-ring (bicyclic) bond motifs is 1. The van der Waals surface area contributed by atoms with Crippen molar-refractivity contribution in [3.8, 4) is 11.5 Å². The minimum absolute atomic E-state index is 0.140. The summed E-state index contributed by atoms with van der Waals surface area (Å²) in [4.78, 5) is 12.8. The lowest BCUT2D eigenvalue weighted by atomic mass is 10.1. The summed E-state index contributed by atoms with van der Waals surface area (Å²) in [5, 5.41) is 2.91. The van der Waals surface area contributed by atoms with E-state index < -0.39 is 0 Å². The van der Waals surface area contributed by atoms with Gasteiger partial charge in [-0.25, -0.2) is 0 Å². The maximum atomic E-state index is 12.2. The molecule has 1 aromatic heterocycles. The van der Waals surface area contributed by atoms with E-state index in [0.717, 1.165) is 29.0 Å². The van der Waals surface area contributed by atoms with Crippen LogP contribution in [0.2, 0.25) is 4.34 Å². The number of hydrogen-bond acceptors (Lipinski definition) is 4. The van der Waals surface area contributed by atoms with Crippen molar-refractivity contribution in [2.24, 2.45) is 0 Å². The van der Waals surface area contributed by atoms with E-state index in [1.807, 2.05) is 26.0 Å². The van der Waals surface area contributed by atoms with Gasteiger partial charge in [0, 0.05) is 24.1 Å². The molecule has 0 spiro atoms. The molecule has 0 unspecified atom stereocenters. The molecule has 0 saturated carbocycles. The Kier molecular flexibility index (Phi) is 4.78. The monoisotopic (exact) mass is 351 g/mol. The molecule has 23 heavy (non-hydrogen) atoms. The lowest BCUT2D eigenvalue weighted by Crippen LogP contribution is -2.22. The fourth-order valence-corrected chi connectivity index (χ4v) is 3.57. The third kappa shape index (κ3) is 3.62. The number of benzene rings is 1. The van der Waals surface area contributed by atoms with Crippen molar-refractivity contribution < 1.29 is 14.3 Å². The smallest absolute Gasteiger partial charge is 0.261 e. The summed E-state index contributed by atoms with van der Waals surface area (Å²) >= 11 is 7.13. The van der Waals surface area contributed by atoms with Gasteiger partial charge in [0.2, 0.25) is 0 Å². The first-order valence-corrected chi connectivity index (χ1v) is 8.75. The number of nitrogens with one attached hydrogen (secondary N) is 1. The Labute approximate surface area is 144 Å². The van der Waals surface area contributed by atoms with Gasteiger partial charge in [0.05, 0.1) is 15.8 Å². The summed E-state index contributed by atoms with van der Waals surface area (Å²) in [7, 11) is 0. The molecule has 0 bridgehead atoms. The van der Waals surface area contributed by atoms with E-state index in [2.05, 4.69) is 5.32 Å². The SMILES string of the molecule is CCOc1cc2c(cc1CNC(=O)c1ccc(Cl)s1)O[C@@H](C)C2. The van der Waals surface area contributed by atoms with Gasteiger partial charge in [-0.3, -0.25) is 4.79 Å². The van der Waals surface area contributed by atoms with Crippen molar-refractivity contribution in [2.75, 3.05) is 6.61 Å². The standard InChI is InChI=1S/C17H18ClNO3S/c1-3-21-13-7-11-6-10(2)22-14(11)8-12(13)9-19-17(20)15-4-5-16(18)23-15/h4-5,7-8,10H,3,6,9H2,1-2H3,(H,19,20)/t10-/m0/s1. The molecule has 2 aromatic rings. The molecule has 0 radical (unpaired) electrons. The van der Waals surface area contributed by atoms with Crippen LogP contribution >= 0.6 is 22.9 Å². The predicted octanol–water partition coefficient (Wildman–Crippen LogP) is 4.05. The van der Waals surface area contributed by atoms with E-state index >= 15 is 0 Å². The number of amides is 1. The molecular weight excluding hydrogens is 334 g/mol. The van der Waals surface area contributed by atoms with E-state index in [-0.39, 0.29) is 12.0 Å². The molecule has 1 N–H and O–H groups in total. The van der Waals surface area contributed by atoms with Crippen LogP contribution < -0.4 is 14.8 Å². The Morgan fingerprint density at radius 1 is 1.48 bits per heavy atom. The topological polar surface area (TPSA) is 47.6 Å². The molecule has 1 aliphatic heterocycles. The highest BCUT2D eigenvalue weighted by atomic mass is 35.5. The van der Waals surface area contributed by atoms with Gasteiger partial charge >= 0.3 is 0 Å². The lowest BCUT2D eigenvalue weighted by molar-refractivity contribution is 0.0954. The second-order valence-electron chi connectivity index (χ2n) is 5.42. The zero-order chi connectivity index (χ0) is 16.4. The van der Waals surface area contributed by atoms with E-state index in [1.165, 1.54) is 11.3 Å². The number of thiophene rings is 1. The van der Waals surface area contributed by atoms with E-state index in [0.29, 0.717) is 22.4 Å². The van der Waals surface area contributed by atoms with Crippen LogP contribution in [0, 0.1) is 0 Å². The van der Waals surface area contributed by atoms with Crippen LogP contribution in [0.15, 0.2) is 24.3 Å². The number of carbonyl (C=O) groups is 1. The molecule has 0 aliphatic carbocycles. The molecule has 1 aromatic carbocycles. The first kappa shape index (κ1) is 16.1. The molecule has 3 rings (SSSR count). The number of hydrogen-bond donors (Lipinski definition) is 1. The summed E-state index contributed by atoms with van der Waals surface area (Å²) in [5.74, 6) is 1.54. The highest BCUT2D eigenvalue weighted by Crippen LogP contribution is 2.35. The summed E-state index contributed by atoms with van der Waals surface area (Å²) in [6.07, 6.45) is 1.06. The van der Waals surface area contributed by atoms with Gasteiger partial charge in [-0.1, -0.05) is 11.6 Å². The Bertz CT molecular complexity index is 729. The summed E-state index contributed by atoms with van der Waals surface area (Å²) in [6, 6.07) is 7.42. The molecule has 4 nitrogen and oxygen atoms in total. The number of rotatable bonds is 5. The Hall–Kier alpha value is -1.72. The average molecular weight is 352 g/mol. The van der Waals surface area contributed by atoms with Gasteiger partial charge in [-0.05, 0) is 38.1 Å². The Balaban J connectivity index is 1.76. The molecule has 6 heteroatoms. The maximum Gasteiger partial charge on any atom is 0.261 e. The van der Waals surface area contributed by atoms with E-state index in [4.69, 9.17) is 21.1 Å². The molecule has 0 saturated heterocycles. The molecule has 122 valence electrons. The van der Waals surface area contributed by atoms with Crippen LogP contribution in [0.5, 0.6) is 11.5 Å². The quantitative estimate of drug-likeness (QED) is 0.883. The molecular formula is C17H18ClNO3S. The van der Waals surface area contributed by atoms with Gasteiger partial charge in [0.15, 0.2) is 0 Å². The van der Waals surface area contributed by atoms with Crippen LogP contribution in [0.1, 0.15) is 34.6 Å². The van der Waals surface area contributed by atoms with Crippen LogP contribution in [-0.4, -0.2) is 18.6 Å². The number of carbonyl (C=O) groups excluding carboxylic acids is 1. The Morgan fingerprint density at radius 2 is 2.30 bits per heavy atom. The number of halogens is 1. The summed E-state index contributed by atoms with van der Waals surface area (Å²) < 4.78 is 12.1. The fraction of sp³-hybridized carbons (Fsp3) is 0.353.